The molecule has 0 saturated carbocycles. The number of carboxylic acid groups (broad SMARTS) is 1. The van der Waals surface area contributed by atoms with Gasteiger partial charge in [0.05, 0.1) is 13.7 Å². The summed E-state index contributed by atoms with van der Waals surface area (Å²) >= 11 is 0. The number of aliphatic carboxylic acids is 1. The van der Waals surface area contributed by atoms with E-state index in [1.54, 1.807) is 6.92 Å². The lowest BCUT2D eigenvalue weighted by molar-refractivity contribution is -0.132. The number of nitrogens with zero attached hydrogens (tertiary/aromatic N) is 2. The Bertz CT molecular complexity index is 490. The maximum atomic E-state index is 11.6. The Morgan fingerprint density at radius 1 is 1.69 bits per heavy atom. The Labute approximate surface area is 91.8 Å². The van der Waals surface area contributed by atoms with Gasteiger partial charge in [0.25, 0.3) is 11.6 Å². The van der Waals surface area contributed by atoms with Crippen LogP contribution in [-0.2, 0) is 11.3 Å². The van der Waals surface area contributed by atoms with Gasteiger partial charge in [0.1, 0.15) is 0 Å². The third-order valence-corrected chi connectivity index (χ3v) is 1.94. The largest absolute Gasteiger partial charge is 0.478 e. The number of hydrogen-bond donors (Lipinski definition) is 1. The molecule has 0 aliphatic heterocycles. The van der Waals surface area contributed by atoms with Crippen LogP contribution in [0.4, 0.5) is 0 Å². The molecule has 0 unspecified atom stereocenters. The number of rotatable bonds is 4. The average Bonchev–Trinajstić information content (AvgIpc) is 2.21. The van der Waals surface area contributed by atoms with Gasteiger partial charge in [-0.15, -0.1) is 0 Å². The van der Waals surface area contributed by atoms with Crippen LogP contribution in [0.1, 0.15) is 5.69 Å². The highest BCUT2D eigenvalue weighted by Gasteiger charge is 2.11. The van der Waals surface area contributed by atoms with Crippen LogP contribution >= 0.6 is 0 Å². The van der Waals surface area contributed by atoms with Gasteiger partial charge in [-0.05, 0) is 6.92 Å². The second-order valence-corrected chi connectivity index (χ2v) is 3.22. The van der Waals surface area contributed by atoms with Crippen LogP contribution in [0, 0.1) is 6.92 Å². The zero-order valence-corrected chi connectivity index (χ0v) is 9.06. The summed E-state index contributed by atoms with van der Waals surface area (Å²) in [5, 5.41) is 8.68. The molecule has 1 heterocycles. The average molecular weight is 224 g/mol. The Hall–Kier alpha value is -2.11. The summed E-state index contributed by atoms with van der Waals surface area (Å²) in [5.74, 6) is -1.16. The van der Waals surface area contributed by atoms with E-state index in [1.165, 1.54) is 13.2 Å². The van der Waals surface area contributed by atoms with Crippen LogP contribution in [0.2, 0.25) is 0 Å². The predicted octanol–water partition coefficient (Wildman–Crippen LogP) is 0.201. The van der Waals surface area contributed by atoms with Crippen LogP contribution < -0.4 is 10.3 Å². The maximum Gasteiger partial charge on any atom is 0.332 e. The van der Waals surface area contributed by atoms with Crippen molar-refractivity contribution < 1.29 is 14.6 Å². The first-order valence-electron chi connectivity index (χ1n) is 4.49. The lowest BCUT2D eigenvalue weighted by atomic mass is 10.3. The number of carbonyl (C=O) groups is 1. The summed E-state index contributed by atoms with van der Waals surface area (Å²) in [6.45, 7) is 4.85. The quantitative estimate of drug-likeness (QED) is 0.739. The molecular formula is C10H12N2O4. The van der Waals surface area contributed by atoms with Gasteiger partial charge in [-0.25, -0.2) is 9.78 Å². The maximum absolute atomic E-state index is 11.6. The van der Waals surface area contributed by atoms with Gasteiger partial charge in [0, 0.05) is 17.3 Å². The van der Waals surface area contributed by atoms with Crippen LogP contribution in [0.5, 0.6) is 6.01 Å². The lowest BCUT2D eigenvalue weighted by Gasteiger charge is -2.10. The summed E-state index contributed by atoms with van der Waals surface area (Å²) in [4.78, 5) is 26.2. The molecule has 86 valence electrons. The van der Waals surface area contributed by atoms with Gasteiger partial charge >= 0.3 is 5.97 Å². The lowest BCUT2D eigenvalue weighted by Crippen LogP contribution is -2.24. The second-order valence-electron chi connectivity index (χ2n) is 3.22. The van der Waals surface area contributed by atoms with E-state index in [9.17, 15) is 9.59 Å². The molecule has 6 nitrogen and oxygen atoms in total. The summed E-state index contributed by atoms with van der Waals surface area (Å²) in [6, 6.07) is 1.38. The Balaban J connectivity index is 3.17. The fraction of sp³-hybridized carbons (Fsp3) is 0.300. The van der Waals surface area contributed by atoms with Crippen molar-refractivity contribution in [2.24, 2.45) is 0 Å². The van der Waals surface area contributed by atoms with E-state index in [-0.39, 0.29) is 23.7 Å². The summed E-state index contributed by atoms with van der Waals surface area (Å²) in [5.41, 5.74) is 0.0387. The normalized spacial score (nSPS) is 9.88. The fourth-order valence-electron chi connectivity index (χ4n) is 1.15. The van der Waals surface area contributed by atoms with Crippen molar-refractivity contribution in [2.45, 2.75) is 13.5 Å². The van der Waals surface area contributed by atoms with Crippen LogP contribution in [0.3, 0.4) is 0 Å². The van der Waals surface area contributed by atoms with E-state index < -0.39 is 5.97 Å². The minimum Gasteiger partial charge on any atom is -0.478 e. The monoisotopic (exact) mass is 224 g/mol. The fourth-order valence-corrected chi connectivity index (χ4v) is 1.15. The molecule has 0 spiro atoms. The number of aryl methyl sites for hydroxylation is 1. The van der Waals surface area contributed by atoms with Crippen molar-refractivity contribution in [3.8, 4) is 6.01 Å². The molecule has 0 saturated heterocycles. The van der Waals surface area contributed by atoms with Crippen molar-refractivity contribution in [2.75, 3.05) is 7.11 Å². The minimum absolute atomic E-state index is 0.0763. The second kappa shape index (κ2) is 4.61. The van der Waals surface area contributed by atoms with Crippen molar-refractivity contribution >= 4 is 5.97 Å². The van der Waals surface area contributed by atoms with Gasteiger partial charge in [-0.1, -0.05) is 6.58 Å². The van der Waals surface area contributed by atoms with Gasteiger partial charge < -0.3 is 9.84 Å². The van der Waals surface area contributed by atoms with Crippen molar-refractivity contribution in [1.29, 1.82) is 0 Å². The van der Waals surface area contributed by atoms with Gasteiger partial charge in [0.2, 0.25) is 0 Å². The molecular weight excluding hydrogens is 212 g/mol. The highest BCUT2D eigenvalue weighted by atomic mass is 16.5. The molecule has 0 aliphatic carbocycles. The molecule has 0 aromatic carbocycles. The smallest absolute Gasteiger partial charge is 0.332 e. The molecule has 1 aromatic heterocycles. The van der Waals surface area contributed by atoms with E-state index in [2.05, 4.69) is 11.6 Å². The molecule has 0 atom stereocenters. The van der Waals surface area contributed by atoms with E-state index in [0.29, 0.717) is 5.69 Å². The first-order valence-corrected chi connectivity index (χ1v) is 4.49. The molecule has 6 heteroatoms. The topological polar surface area (TPSA) is 81.4 Å². The third-order valence-electron chi connectivity index (χ3n) is 1.94. The Morgan fingerprint density at radius 3 is 2.81 bits per heavy atom. The first-order chi connectivity index (χ1) is 7.45. The van der Waals surface area contributed by atoms with Crippen molar-refractivity contribution in [1.82, 2.24) is 9.55 Å². The first kappa shape index (κ1) is 12.0. The predicted molar refractivity (Wildman–Crippen MR) is 56.6 cm³/mol. The SMILES string of the molecule is C=C(Cn1c(OC)nc(C)cc1=O)C(=O)O. The standard InChI is InChI=1S/C10H12N2O4/c1-6(9(14)15)5-12-8(13)4-7(2)11-10(12)16-3/h4H,1,5H2,2-3H3,(H,14,15). The van der Waals surface area contributed by atoms with Crippen LogP contribution in [0.25, 0.3) is 0 Å². The number of hydrogen-bond acceptors (Lipinski definition) is 4. The summed E-state index contributed by atoms with van der Waals surface area (Å²) in [6.07, 6.45) is 0. The number of methoxy groups -OCH3 is 1. The molecule has 0 bridgehead atoms. The Kier molecular flexibility index (Phi) is 3.44. The molecule has 0 radical (unpaired) electrons. The highest BCUT2D eigenvalue weighted by Crippen LogP contribution is 2.06. The van der Waals surface area contributed by atoms with E-state index in [0.717, 1.165) is 4.57 Å². The highest BCUT2D eigenvalue weighted by molar-refractivity contribution is 5.85. The van der Waals surface area contributed by atoms with E-state index in [4.69, 9.17) is 9.84 Å². The molecule has 0 aliphatic rings. The van der Waals surface area contributed by atoms with Crippen LogP contribution in [0.15, 0.2) is 23.0 Å². The molecule has 0 amide bonds. The summed E-state index contributed by atoms with van der Waals surface area (Å²) in [7, 11) is 1.36. The number of ether oxygens (including phenoxy) is 1. The van der Waals surface area contributed by atoms with E-state index >= 15 is 0 Å². The molecule has 1 aromatic rings. The van der Waals surface area contributed by atoms with Gasteiger partial charge in [0.15, 0.2) is 0 Å². The molecule has 16 heavy (non-hydrogen) atoms. The zero-order chi connectivity index (χ0) is 12.3. The van der Waals surface area contributed by atoms with Gasteiger partial charge in [-0.3, -0.25) is 9.36 Å². The number of aromatic nitrogens is 2. The zero-order valence-electron chi connectivity index (χ0n) is 9.06. The van der Waals surface area contributed by atoms with E-state index in [1.807, 2.05) is 0 Å². The van der Waals surface area contributed by atoms with Gasteiger partial charge in [-0.2, -0.15) is 0 Å². The van der Waals surface area contributed by atoms with Crippen LogP contribution in [-0.4, -0.2) is 27.7 Å². The molecule has 1 rings (SSSR count). The minimum atomic E-state index is -1.16. The Morgan fingerprint density at radius 2 is 2.31 bits per heavy atom. The van der Waals surface area contributed by atoms with Crippen molar-refractivity contribution in [3.05, 3.63) is 34.3 Å². The molecule has 1 N–H and O–H groups in total. The summed E-state index contributed by atoms with van der Waals surface area (Å²) < 4.78 is 6.02. The third kappa shape index (κ3) is 2.47. The van der Waals surface area contributed by atoms with Crippen molar-refractivity contribution in [3.63, 3.8) is 0 Å². The molecule has 0 fully saturated rings. The number of carboxylic acids is 1.